The molecule has 0 aliphatic rings. The molecule has 2 rings (SSSR count). The minimum absolute atomic E-state index is 0.00729. The molecule has 0 bridgehead atoms. The lowest BCUT2D eigenvalue weighted by Gasteiger charge is -2.13. The van der Waals surface area contributed by atoms with Crippen molar-refractivity contribution in [1.82, 2.24) is 0 Å². The highest BCUT2D eigenvalue weighted by Gasteiger charge is 2.16. The van der Waals surface area contributed by atoms with Crippen molar-refractivity contribution >= 4 is 17.3 Å². The Morgan fingerprint density at radius 1 is 1.17 bits per heavy atom. The Morgan fingerprint density at radius 3 is 2.30 bits per heavy atom. The van der Waals surface area contributed by atoms with Crippen LogP contribution in [0.25, 0.3) is 0 Å². The van der Waals surface area contributed by atoms with Gasteiger partial charge in [-0.1, -0.05) is 12.1 Å². The molecule has 0 fully saturated rings. The smallest absolute Gasteiger partial charge is 0.269 e. The summed E-state index contributed by atoms with van der Waals surface area (Å²) in [6, 6.07) is 13.1. The van der Waals surface area contributed by atoms with E-state index in [0.717, 1.165) is 11.3 Å². The van der Waals surface area contributed by atoms with Gasteiger partial charge in [0.05, 0.1) is 17.4 Å². The zero-order valence-electron chi connectivity index (χ0n) is 13.0. The third-order valence-electron chi connectivity index (χ3n) is 3.43. The largest absolute Gasteiger partial charge is 0.494 e. The molecule has 120 valence electrons. The van der Waals surface area contributed by atoms with Crippen LogP contribution in [0.5, 0.6) is 5.75 Å². The zero-order chi connectivity index (χ0) is 16.8. The van der Waals surface area contributed by atoms with Gasteiger partial charge in [-0.15, -0.1) is 0 Å². The number of carbonyl (C=O) groups excluding carboxylic acids is 1. The van der Waals surface area contributed by atoms with Crippen molar-refractivity contribution in [2.45, 2.75) is 19.8 Å². The first-order valence-electron chi connectivity index (χ1n) is 7.29. The van der Waals surface area contributed by atoms with Crippen LogP contribution in [0.4, 0.5) is 11.4 Å². The predicted octanol–water partition coefficient (Wildman–Crippen LogP) is 3.74. The van der Waals surface area contributed by atoms with Crippen molar-refractivity contribution in [1.29, 1.82) is 0 Å². The normalized spacial score (nSPS) is 11.6. The highest BCUT2D eigenvalue weighted by molar-refractivity contribution is 5.95. The fourth-order valence-corrected chi connectivity index (χ4v) is 2.09. The SMILES string of the molecule is CCOc1ccc(NC(=O)C(C)c2ccc([N+](=O)[O-])cc2)cc1. The number of nitro groups is 1. The minimum atomic E-state index is -0.464. The van der Waals surface area contributed by atoms with E-state index in [9.17, 15) is 14.9 Å². The highest BCUT2D eigenvalue weighted by Crippen LogP contribution is 2.22. The van der Waals surface area contributed by atoms with Gasteiger partial charge < -0.3 is 10.1 Å². The molecule has 0 saturated heterocycles. The third kappa shape index (κ3) is 4.29. The molecule has 0 spiro atoms. The van der Waals surface area contributed by atoms with Crippen molar-refractivity contribution in [3.63, 3.8) is 0 Å². The molecule has 1 unspecified atom stereocenters. The number of hydrogen-bond acceptors (Lipinski definition) is 4. The number of rotatable bonds is 6. The first-order chi connectivity index (χ1) is 11.0. The number of nitro benzene ring substituents is 1. The van der Waals surface area contributed by atoms with E-state index in [1.807, 2.05) is 6.92 Å². The van der Waals surface area contributed by atoms with E-state index in [1.165, 1.54) is 12.1 Å². The summed E-state index contributed by atoms with van der Waals surface area (Å²) >= 11 is 0. The average molecular weight is 314 g/mol. The average Bonchev–Trinajstić information content (AvgIpc) is 2.56. The molecule has 1 amide bonds. The lowest BCUT2D eigenvalue weighted by Crippen LogP contribution is -2.18. The van der Waals surface area contributed by atoms with Gasteiger partial charge in [-0.05, 0) is 43.7 Å². The number of benzene rings is 2. The zero-order valence-corrected chi connectivity index (χ0v) is 13.0. The fourth-order valence-electron chi connectivity index (χ4n) is 2.09. The lowest BCUT2D eigenvalue weighted by atomic mass is 10.00. The van der Waals surface area contributed by atoms with Gasteiger partial charge in [0.1, 0.15) is 5.75 Å². The first-order valence-corrected chi connectivity index (χ1v) is 7.29. The molecule has 0 aliphatic heterocycles. The van der Waals surface area contributed by atoms with Crippen LogP contribution in [0.3, 0.4) is 0 Å². The Kier molecular flexibility index (Phi) is 5.30. The number of amides is 1. The van der Waals surface area contributed by atoms with E-state index in [4.69, 9.17) is 4.74 Å². The Labute approximate surface area is 134 Å². The van der Waals surface area contributed by atoms with E-state index in [2.05, 4.69) is 5.32 Å². The summed E-state index contributed by atoms with van der Waals surface area (Å²) in [6.07, 6.45) is 0. The standard InChI is InChI=1S/C17H18N2O4/c1-3-23-16-10-6-14(7-11-16)18-17(20)12(2)13-4-8-15(9-5-13)19(21)22/h4-12H,3H2,1-2H3,(H,18,20). The molecule has 2 aromatic rings. The summed E-state index contributed by atoms with van der Waals surface area (Å²) in [7, 11) is 0. The van der Waals surface area contributed by atoms with Crippen LogP contribution in [0.15, 0.2) is 48.5 Å². The topological polar surface area (TPSA) is 81.5 Å². The number of nitrogens with zero attached hydrogens (tertiary/aromatic N) is 1. The fraction of sp³-hybridized carbons (Fsp3) is 0.235. The molecule has 1 atom stereocenters. The molecule has 0 radical (unpaired) electrons. The predicted molar refractivity (Wildman–Crippen MR) is 87.8 cm³/mol. The van der Waals surface area contributed by atoms with Gasteiger partial charge >= 0.3 is 0 Å². The Morgan fingerprint density at radius 2 is 1.78 bits per heavy atom. The first kappa shape index (κ1) is 16.5. The lowest BCUT2D eigenvalue weighted by molar-refractivity contribution is -0.384. The van der Waals surface area contributed by atoms with E-state index in [0.29, 0.717) is 12.3 Å². The minimum Gasteiger partial charge on any atom is -0.494 e. The summed E-state index contributed by atoms with van der Waals surface area (Å²) in [5.41, 5.74) is 1.40. The molecule has 1 N–H and O–H groups in total. The van der Waals surface area contributed by atoms with Crippen LogP contribution in [0, 0.1) is 10.1 Å². The summed E-state index contributed by atoms with van der Waals surface area (Å²) in [5, 5.41) is 13.5. The number of carbonyl (C=O) groups is 1. The van der Waals surface area contributed by atoms with E-state index in [-0.39, 0.29) is 11.6 Å². The molecule has 0 aliphatic carbocycles. The van der Waals surface area contributed by atoms with Crippen molar-refractivity contribution in [2.24, 2.45) is 0 Å². The third-order valence-corrected chi connectivity index (χ3v) is 3.43. The summed E-state index contributed by atoms with van der Waals surface area (Å²) in [5.74, 6) is 0.152. The Hall–Kier alpha value is -2.89. The van der Waals surface area contributed by atoms with Gasteiger partial charge in [0.2, 0.25) is 5.91 Å². The van der Waals surface area contributed by atoms with Crippen LogP contribution >= 0.6 is 0 Å². The van der Waals surface area contributed by atoms with Gasteiger partial charge in [0.15, 0.2) is 0 Å². The maximum Gasteiger partial charge on any atom is 0.269 e. The number of hydrogen-bond donors (Lipinski definition) is 1. The maximum absolute atomic E-state index is 12.3. The van der Waals surface area contributed by atoms with Crippen molar-refractivity contribution in [3.8, 4) is 5.75 Å². The van der Waals surface area contributed by atoms with Crippen LogP contribution in [0.1, 0.15) is 25.3 Å². The molecule has 23 heavy (non-hydrogen) atoms. The molecular formula is C17H18N2O4. The summed E-state index contributed by atoms with van der Waals surface area (Å²) < 4.78 is 5.35. The molecular weight excluding hydrogens is 296 g/mol. The van der Waals surface area contributed by atoms with Crippen molar-refractivity contribution in [2.75, 3.05) is 11.9 Å². The summed E-state index contributed by atoms with van der Waals surface area (Å²) in [4.78, 5) is 22.4. The van der Waals surface area contributed by atoms with Crippen LogP contribution < -0.4 is 10.1 Å². The number of ether oxygens (including phenoxy) is 1. The van der Waals surface area contributed by atoms with E-state index < -0.39 is 10.8 Å². The monoisotopic (exact) mass is 314 g/mol. The van der Waals surface area contributed by atoms with Crippen LogP contribution in [0.2, 0.25) is 0 Å². The molecule has 2 aromatic carbocycles. The molecule has 6 heteroatoms. The van der Waals surface area contributed by atoms with Gasteiger partial charge in [-0.2, -0.15) is 0 Å². The second-order valence-electron chi connectivity index (χ2n) is 5.02. The summed E-state index contributed by atoms with van der Waals surface area (Å²) in [6.45, 7) is 4.25. The number of nitrogens with one attached hydrogen (secondary N) is 1. The number of non-ortho nitro benzene ring substituents is 1. The second kappa shape index (κ2) is 7.40. The Balaban J connectivity index is 2.02. The Bertz CT molecular complexity index is 681. The van der Waals surface area contributed by atoms with E-state index in [1.54, 1.807) is 43.3 Å². The van der Waals surface area contributed by atoms with Gasteiger partial charge in [-0.25, -0.2) is 0 Å². The maximum atomic E-state index is 12.3. The second-order valence-corrected chi connectivity index (χ2v) is 5.02. The number of anilines is 1. The van der Waals surface area contributed by atoms with Crippen LogP contribution in [-0.4, -0.2) is 17.4 Å². The van der Waals surface area contributed by atoms with Crippen molar-refractivity contribution in [3.05, 3.63) is 64.2 Å². The molecule has 6 nitrogen and oxygen atoms in total. The highest BCUT2D eigenvalue weighted by atomic mass is 16.6. The molecule has 0 heterocycles. The molecule has 0 aromatic heterocycles. The van der Waals surface area contributed by atoms with Gasteiger partial charge in [0.25, 0.3) is 5.69 Å². The van der Waals surface area contributed by atoms with Crippen LogP contribution in [-0.2, 0) is 4.79 Å². The van der Waals surface area contributed by atoms with Gasteiger partial charge in [0, 0.05) is 17.8 Å². The van der Waals surface area contributed by atoms with Gasteiger partial charge in [-0.3, -0.25) is 14.9 Å². The molecule has 0 saturated carbocycles. The quantitative estimate of drug-likeness (QED) is 0.650. The van der Waals surface area contributed by atoms with Crippen molar-refractivity contribution < 1.29 is 14.5 Å². The van der Waals surface area contributed by atoms with E-state index >= 15 is 0 Å².